The highest BCUT2D eigenvalue weighted by Crippen LogP contribution is 2.32. The van der Waals surface area contributed by atoms with Gasteiger partial charge in [0.1, 0.15) is 6.61 Å². The van der Waals surface area contributed by atoms with Crippen molar-refractivity contribution >= 4 is 17.3 Å². The monoisotopic (exact) mass is 483 g/mol. The molecule has 1 N–H and O–H groups in total. The first-order chi connectivity index (χ1) is 16.3. The van der Waals surface area contributed by atoms with E-state index in [9.17, 15) is 18.0 Å². The fourth-order valence-corrected chi connectivity index (χ4v) is 2.81. The number of hydrogen-bond acceptors (Lipinski definition) is 6. The van der Waals surface area contributed by atoms with Gasteiger partial charge in [-0.1, -0.05) is 38.5 Å². The summed E-state index contributed by atoms with van der Waals surface area (Å²) < 4.78 is 60.4. The maximum Gasteiger partial charge on any atom is 0.416 e. The maximum absolute atomic E-state index is 12.9. The zero-order valence-electron chi connectivity index (χ0n) is 19.5. The third-order valence-corrected chi connectivity index (χ3v) is 4.92. The molecule has 0 radical (unpaired) electrons. The van der Waals surface area contributed by atoms with Crippen molar-refractivity contribution in [2.45, 2.75) is 26.4 Å². The summed E-state index contributed by atoms with van der Waals surface area (Å²) in [6.07, 6.45) is -3.38. The van der Waals surface area contributed by atoms with Crippen molar-refractivity contribution in [2.24, 2.45) is 5.92 Å². The highest BCUT2D eigenvalue weighted by molar-refractivity contribution is 5.96. The van der Waals surface area contributed by atoms with Crippen LogP contribution in [0.15, 0.2) is 48.5 Å². The Morgan fingerprint density at radius 2 is 1.56 bits per heavy atom. The van der Waals surface area contributed by atoms with Crippen LogP contribution in [0.25, 0.3) is 0 Å². The van der Waals surface area contributed by atoms with Gasteiger partial charge in [-0.25, -0.2) is 4.79 Å². The van der Waals surface area contributed by atoms with Gasteiger partial charge in [-0.2, -0.15) is 13.2 Å². The molecule has 0 aliphatic heterocycles. The quantitative estimate of drug-likeness (QED) is 0.259. The standard InChI is InChI=1S/C25H32F3NO5/c1-3-19(2)18-33-14-13-31-11-12-32-15-16-34-24(30)22-9-4-5-10-23(22)29-21-8-6-7-20(17-21)25(26,27)28/h4-10,17,19,29H,3,11-16,18H2,1-2H3. The Labute approximate surface area is 198 Å². The number of ether oxygens (including phenoxy) is 4. The summed E-state index contributed by atoms with van der Waals surface area (Å²) in [5.74, 6) is -0.0669. The van der Waals surface area contributed by atoms with Crippen LogP contribution >= 0.6 is 0 Å². The number of esters is 1. The van der Waals surface area contributed by atoms with E-state index in [0.29, 0.717) is 38.0 Å². The van der Waals surface area contributed by atoms with Crippen molar-refractivity contribution in [3.63, 3.8) is 0 Å². The first-order valence-corrected chi connectivity index (χ1v) is 11.2. The first kappa shape index (κ1) is 27.6. The Hall–Kier alpha value is -2.62. The second-order valence-corrected chi connectivity index (χ2v) is 7.70. The number of halogens is 3. The van der Waals surface area contributed by atoms with Gasteiger partial charge in [0.15, 0.2) is 0 Å². The molecule has 0 fully saturated rings. The van der Waals surface area contributed by atoms with Crippen LogP contribution in [0.5, 0.6) is 0 Å². The third kappa shape index (κ3) is 10.1. The number of alkyl halides is 3. The molecule has 0 amide bonds. The Morgan fingerprint density at radius 1 is 0.912 bits per heavy atom. The minimum Gasteiger partial charge on any atom is -0.460 e. The van der Waals surface area contributed by atoms with E-state index in [0.717, 1.165) is 25.2 Å². The molecule has 1 atom stereocenters. The van der Waals surface area contributed by atoms with Gasteiger partial charge >= 0.3 is 12.1 Å². The predicted octanol–water partition coefficient (Wildman–Crippen LogP) is 5.70. The summed E-state index contributed by atoms with van der Waals surface area (Å²) in [5, 5.41) is 2.86. The van der Waals surface area contributed by atoms with Gasteiger partial charge in [0.05, 0.1) is 49.8 Å². The van der Waals surface area contributed by atoms with Gasteiger partial charge in [-0.05, 0) is 36.2 Å². The van der Waals surface area contributed by atoms with E-state index >= 15 is 0 Å². The molecule has 1 unspecified atom stereocenters. The van der Waals surface area contributed by atoms with Crippen molar-refractivity contribution in [2.75, 3.05) is 51.6 Å². The molecule has 6 nitrogen and oxygen atoms in total. The molecule has 0 bridgehead atoms. The topological polar surface area (TPSA) is 66.0 Å². The number of carbonyl (C=O) groups excluding carboxylic acids is 1. The van der Waals surface area contributed by atoms with Crippen LogP contribution in [0, 0.1) is 5.92 Å². The van der Waals surface area contributed by atoms with Crippen LogP contribution in [0.2, 0.25) is 0 Å². The van der Waals surface area contributed by atoms with E-state index in [1.165, 1.54) is 18.2 Å². The fourth-order valence-electron chi connectivity index (χ4n) is 2.81. The van der Waals surface area contributed by atoms with Gasteiger partial charge in [0, 0.05) is 12.3 Å². The number of carbonyl (C=O) groups is 1. The molecule has 0 aliphatic carbocycles. The zero-order valence-corrected chi connectivity index (χ0v) is 19.5. The molecule has 0 aliphatic rings. The lowest BCUT2D eigenvalue weighted by Gasteiger charge is -2.13. The summed E-state index contributed by atoms with van der Waals surface area (Å²) in [6, 6.07) is 11.2. The number of benzene rings is 2. The van der Waals surface area contributed by atoms with Gasteiger partial charge in [-0.15, -0.1) is 0 Å². The largest absolute Gasteiger partial charge is 0.460 e. The SMILES string of the molecule is CCC(C)COCCOCCOCCOC(=O)c1ccccc1Nc1cccc(C(F)(F)F)c1. The zero-order chi connectivity index (χ0) is 24.8. The summed E-state index contributed by atoms with van der Waals surface area (Å²) in [4.78, 5) is 12.5. The van der Waals surface area contributed by atoms with Gasteiger partial charge in [0.25, 0.3) is 0 Å². The van der Waals surface area contributed by atoms with Crippen molar-refractivity contribution in [3.05, 3.63) is 59.7 Å². The molecule has 2 aromatic carbocycles. The molecular formula is C25H32F3NO5. The van der Waals surface area contributed by atoms with Crippen LogP contribution in [0.3, 0.4) is 0 Å². The lowest BCUT2D eigenvalue weighted by atomic mass is 10.1. The van der Waals surface area contributed by atoms with Crippen LogP contribution in [-0.2, 0) is 25.1 Å². The average Bonchev–Trinajstić information content (AvgIpc) is 2.82. The molecule has 34 heavy (non-hydrogen) atoms. The predicted molar refractivity (Wildman–Crippen MR) is 123 cm³/mol. The molecule has 0 saturated carbocycles. The van der Waals surface area contributed by atoms with Crippen LogP contribution < -0.4 is 5.32 Å². The first-order valence-electron chi connectivity index (χ1n) is 11.2. The molecule has 188 valence electrons. The Bertz CT molecular complexity index is 876. The minimum absolute atomic E-state index is 0.0365. The minimum atomic E-state index is -4.46. The molecule has 0 heterocycles. The number of anilines is 2. The molecule has 9 heteroatoms. The van der Waals surface area contributed by atoms with Crippen molar-refractivity contribution < 1.29 is 36.9 Å². The third-order valence-electron chi connectivity index (χ3n) is 4.92. The van der Waals surface area contributed by atoms with E-state index < -0.39 is 17.7 Å². The Morgan fingerprint density at radius 3 is 2.24 bits per heavy atom. The van der Waals surface area contributed by atoms with Gasteiger partial charge in [-0.3, -0.25) is 0 Å². The smallest absolute Gasteiger partial charge is 0.416 e. The van der Waals surface area contributed by atoms with Crippen molar-refractivity contribution in [1.29, 1.82) is 0 Å². The van der Waals surface area contributed by atoms with E-state index in [2.05, 4.69) is 19.2 Å². The molecule has 0 saturated heterocycles. The Kier molecular flexibility index (Phi) is 11.9. The van der Waals surface area contributed by atoms with Gasteiger partial charge < -0.3 is 24.3 Å². The summed E-state index contributed by atoms with van der Waals surface area (Å²) in [7, 11) is 0. The summed E-state index contributed by atoms with van der Waals surface area (Å²) in [6.45, 7) is 7.00. The Balaban J connectivity index is 1.69. The van der Waals surface area contributed by atoms with E-state index in [4.69, 9.17) is 18.9 Å². The molecular weight excluding hydrogens is 451 g/mol. The lowest BCUT2D eigenvalue weighted by Crippen LogP contribution is -2.15. The maximum atomic E-state index is 12.9. The van der Waals surface area contributed by atoms with Crippen molar-refractivity contribution in [3.8, 4) is 0 Å². The number of rotatable bonds is 15. The summed E-state index contributed by atoms with van der Waals surface area (Å²) >= 11 is 0. The molecule has 0 aromatic heterocycles. The fraction of sp³-hybridized carbons (Fsp3) is 0.480. The van der Waals surface area contributed by atoms with E-state index in [1.54, 1.807) is 18.2 Å². The molecule has 2 rings (SSSR count). The van der Waals surface area contributed by atoms with Crippen LogP contribution in [0.4, 0.5) is 24.5 Å². The average molecular weight is 484 g/mol. The highest BCUT2D eigenvalue weighted by Gasteiger charge is 2.30. The van der Waals surface area contributed by atoms with Crippen LogP contribution in [-0.4, -0.2) is 52.2 Å². The number of para-hydroxylation sites is 1. The van der Waals surface area contributed by atoms with Gasteiger partial charge in [0.2, 0.25) is 0 Å². The highest BCUT2D eigenvalue weighted by atomic mass is 19.4. The number of nitrogens with one attached hydrogen (secondary N) is 1. The molecule has 2 aromatic rings. The van der Waals surface area contributed by atoms with E-state index in [1.807, 2.05) is 0 Å². The summed E-state index contributed by atoms with van der Waals surface area (Å²) in [5.41, 5.74) is -0.0154. The van der Waals surface area contributed by atoms with Crippen molar-refractivity contribution in [1.82, 2.24) is 0 Å². The second kappa shape index (κ2) is 14.6. The van der Waals surface area contributed by atoms with E-state index in [-0.39, 0.29) is 24.5 Å². The molecule has 0 spiro atoms. The normalized spacial score (nSPS) is 12.4. The number of hydrogen-bond donors (Lipinski definition) is 1. The second-order valence-electron chi connectivity index (χ2n) is 7.70. The van der Waals surface area contributed by atoms with Crippen LogP contribution in [0.1, 0.15) is 36.2 Å². The lowest BCUT2D eigenvalue weighted by molar-refractivity contribution is -0.137.